The van der Waals surface area contributed by atoms with Gasteiger partial charge in [0.25, 0.3) is 0 Å². The highest BCUT2D eigenvalue weighted by Crippen LogP contribution is 2.38. The molecule has 1 amide bonds. The second-order valence-corrected chi connectivity index (χ2v) is 6.41. The van der Waals surface area contributed by atoms with Gasteiger partial charge < -0.3 is 5.73 Å². The molecule has 0 spiro atoms. The third-order valence-corrected chi connectivity index (χ3v) is 4.97. The van der Waals surface area contributed by atoms with Gasteiger partial charge in [0.05, 0.1) is 0 Å². The van der Waals surface area contributed by atoms with Crippen LogP contribution in [0.5, 0.6) is 0 Å². The summed E-state index contributed by atoms with van der Waals surface area (Å²) in [7, 11) is 0. The topological polar surface area (TPSA) is 55.1 Å². The predicted molar refractivity (Wildman–Crippen MR) is 80.4 cm³/mol. The zero-order chi connectivity index (χ0) is 14.2. The van der Waals surface area contributed by atoms with E-state index in [9.17, 15) is 4.79 Å². The predicted octanol–water partition coefficient (Wildman–Crippen LogP) is 2.54. The highest BCUT2D eigenvalue weighted by Gasteiger charge is 2.45. The molecule has 0 radical (unpaired) electrons. The van der Waals surface area contributed by atoms with E-state index in [1.165, 1.54) is 30.4 Å². The number of carbonyl (C=O) groups excluding carboxylic acids is 1. The van der Waals surface area contributed by atoms with Gasteiger partial charge >= 0.3 is 0 Å². The van der Waals surface area contributed by atoms with Crippen LogP contribution in [0.4, 0.5) is 0 Å². The molecule has 1 aromatic rings. The van der Waals surface area contributed by atoms with Crippen LogP contribution >= 0.6 is 0 Å². The zero-order valence-corrected chi connectivity index (χ0v) is 12.2. The quantitative estimate of drug-likeness (QED) is 0.888. The van der Waals surface area contributed by atoms with Crippen molar-refractivity contribution in [1.29, 1.82) is 0 Å². The van der Waals surface area contributed by atoms with E-state index in [1.54, 1.807) is 0 Å². The number of nitrogens with one attached hydrogen (secondary N) is 1. The van der Waals surface area contributed by atoms with E-state index >= 15 is 0 Å². The SMILES string of the molecule is Cc1ccc2c(c1)C(NC1CCCCC1)(C(N)=O)CC2. The van der Waals surface area contributed by atoms with Crippen LogP contribution in [-0.4, -0.2) is 11.9 Å². The molecule has 0 aromatic heterocycles. The number of carbonyl (C=O) groups is 1. The Kier molecular flexibility index (Phi) is 3.55. The number of benzene rings is 1. The second kappa shape index (κ2) is 5.21. The van der Waals surface area contributed by atoms with Gasteiger partial charge in [-0.05, 0) is 43.7 Å². The Morgan fingerprint density at radius 3 is 2.75 bits per heavy atom. The number of nitrogens with two attached hydrogens (primary N) is 1. The molecule has 3 nitrogen and oxygen atoms in total. The summed E-state index contributed by atoms with van der Waals surface area (Å²) in [5.41, 5.74) is 8.77. The summed E-state index contributed by atoms with van der Waals surface area (Å²) in [6.45, 7) is 2.07. The minimum absolute atomic E-state index is 0.215. The van der Waals surface area contributed by atoms with Crippen molar-refractivity contribution in [2.75, 3.05) is 0 Å². The van der Waals surface area contributed by atoms with Gasteiger partial charge in [-0.3, -0.25) is 10.1 Å². The van der Waals surface area contributed by atoms with E-state index in [0.717, 1.165) is 31.2 Å². The molecule has 3 N–H and O–H groups in total. The Bertz CT molecular complexity index is 520. The van der Waals surface area contributed by atoms with Crippen LogP contribution in [0, 0.1) is 6.92 Å². The average Bonchev–Trinajstić information content (AvgIpc) is 2.80. The molecule has 1 aromatic carbocycles. The van der Waals surface area contributed by atoms with Crippen LogP contribution < -0.4 is 11.1 Å². The Morgan fingerprint density at radius 2 is 2.05 bits per heavy atom. The van der Waals surface area contributed by atoms with Gasteiger partial charge in [-0.1, -0.05) is 43.0 Å². The zero-order valence-electron chi connectivity index (χ0n) is 12.2. The molecule has 1 fully saturated rings. The number of amides is 1. The van der Waals surface area contributed by atoms with E-state index < -0.39 is 5.54 Å². The fourth-order valence-corrected chi connectivity index (χ4v) is 3.83. The van der Waals surface area contributed by atoms with E-state index in [0.29, 0.717) is 6.04 Å². The van der Waals surface area contributed by atoms with Crippen molar-refractivity contribution in [2.45, 2.75) is 63.5 Å². The first kappa shape index (κ1) is 13.6. The average molecular weight is 272 g/mol. The fourth-order valence-electron chi connectivity index (χ4n) is 3.83. The highest BCUT2D eigenvalue weighted by molar-refractivity contribution is 5.87. The molecule has 0 bridgehead atoms. The monoisotopic (exact) mass is 272 g/mol. The standard InChI is InChI=1S/C17H24N2O/c1-12-7-8-13-9-10-17(16(18)20,15(13)11-12)19-14-5-3-2-4-6-14/h7-8,11,14,19H,2-6,9-10H2,1H3,(H2,18,20). The fraction of sp³-hybridized carbons (Fsp3) is 0.588. The highest BCUT2D eigenvalue weighted by atomic mass is 16.1. The first-order valence-electron chi connectivity index (χ1n) is 7.79. The third-order valence-electron chi connectivity index (χ3n) is 4.97. The van der Waals surface area contributed by atoms with Crippen molar-refractivity contribution >= 4 is 5.91 Å². The maximum Gasteiger partial charge on any atom is 0.242 e. The molecule has 3 heteroatoms. The molecule has 108 valence electrons. The van der Waals surface area contributed by atoms with E-state index in [4.69, 9.17) is 5.73 Å². The Morgan fingerprint density at radius 1 is 1.30 bits per heavy atom. The number of fused-ring (bicyclic) bond motifs is 1. The van der Waals surface area contributed by atoms with Crippen molar-refractivity contribution in [3.63, 3.8) is 0 Å². The van der Waals surface area contributed by atoms with Crippen LogP contribution in [0.1, 0.15) is 55.2 Å². The van der Waals surface area contributed by atoms with Gasteiger partial charge in [0.1, 0.15) is 5.54 Å². The van der Waals surface area contributed by atoms with E-state index in [-0.39, 0.29) is 5.91 Å². The van der Waals surface area contributed by atoms with Crippen molar-refractivity contribution < 1.29 is 4.79 Å². The molecule has 0 saturated heterocycles. The number of rotatable bonds is 3. The molecule has 20 heavy (non-hydrogen) atoms. The summed E-state index contributed by atoms with van der Waals surface area (Å²) < 4.78 is 0. The van der Waals surface area contributed by atoms with Crippen LogP contribution in [-0.2, 0) is 16.8 Å². The number of aryl methyl sites for hydroxylation is 2. The van der Waals surface area contributed by atoms with Crippen molar-refractivity contribution in [2.24, 2.45) is 5.73 Å². The molecular weight excluding hydrogens is 248 g/mol. The summed E-state index contributed by atoms with van der Waals surface area (Å²) in [6.07, 6.45) is 7.90. The third kappa shape index (κ3) is 2.24. The Labute approximate surface area is 120 Å². The molecule has 2 aliphatic rings. The molecule has 1 atom stereocenters. The van der Waals surface area contributed by atoms with Gasteiger partial charge in [0.2, 0.25) is 5.91 Å². The molecule has 2 aliphatic carbocycles. The van der Waals surface area contributed by atoms with Crippen LogP contribution in [0.3, 0.4) is 0 Å². The van der Waals surface area contributed by atoms with Crippen molar-refractivity contribution in [3.05, 3.63) is 34.9 Å². The van der Waals surface area contributed by atoms with Gasteiger partial charge in [-0.2, -0.15) is 0 Å². The lowest BCUT2D eigenvalue weighted by molar-refractivity contribution is -0.125. The molecular formula is C17H24N2O. The number of primary amides is 1. The first-order chi connectivity index (χ1) is 9.62. The maximum absolute atomic E-state index is 12.2. The number of hydrogen-bond donors (Lipinski definition) is 2. The summed E-state index contributed by atoms with van der Waals surface area (Å²) in [4.78, 5) is 12.2. The molecule has 3 rings (SSSR count). The largest absolute Gasteiger partial charge is 0.368 e. The molecule has 1 saturated carbocycles. The molecule has 1 unspecified atom stereocenters. The Balaban J connectivity index is 1.94. The molecule has 0 aliphatic heterocycles. The normalized spacial score (nSPS) is 26.4. The van der Waals surface area contributed by atoms with Gasteiger partial charge in [0, 0.05) is 6.04 Å². The molecule has 0 heterocycles. The maximum atomic E-state index is 12.2. The lowest BCUT2D eigenvalue weighted by atomic mass is 9.86. The smallest absolute Gasteiger partial charge is 0.242 e. The lowest BCUT2D eigenvalue weighted by Crippen LogP contribution is -2.55. The summed E-state index contributed by atoms with van der Waals surface area (Å²) in [5, 5.41) is 3.64. The van der Waals surface area contributed by atoms with Crippen LogP contribution in [0.15, 0.2) is 18.2 Å². The van der Waals surface area contributed by atoms with Crippen molar-refractivity contribution in [3.8, 4) is 0 Å². The van der Waals surface area contributed by atoms with Crippen LogP contribution in [0.2, 0.25) is 0 Å². The summed E-state index contributed by atoms with van der Waals surface area (Å²) in [5.74, 6) is -0.215. The lowest BCUT2D eigenvalue weighted by Gasteiger charge is -2.35. The van der Waals surface area contributed by atoms with Gasteiger partial charge in [0.15, 0.2) is 0 Å². The minimum atomic E-state index is -0.636. The second-order valence-electron chi connectivity index (χ2n) is 6.41. The van der Waals surface area contributed by atoms with E-state index in [1.807, 2.05) is 0 Å². The van der Waals surface area contributed by atoms with Gasteiger partial charge in [-0.25, -0.2) is 0 Å². The summed E-state index contributed by atoms with van der Waals surface area (Å²) >= 11 is 0. The van der Waals surface area contributed by atoms with Crippen molar-refractivity contribution in [1.82, 2.24) is 5.32 Å². The number of hydrogen-bond acceptors (Lipinski definition) is 2. The Hall–Kier alpha value is -1.35. The minimum Gasteiger partial charge on any atom is -0.368 e. The van der Waals surface area contributed by atoms with Gasteiger partial charge in [-0.15, -0.1) is 0 Å². The van der Waals surface area contributed by atoms with E-state index in [2.05, 4.69) is 30.4 Å². The summed E-state index contributed by atoms with van der Waals surface area (Å²) in [6, 6.07) is 6.85. The van der Waals surface area contributed by atoms with Crippen LogP contribution in [0.25, 0.3) is 0 Å². The first-order valence-corrected chi connectivity index (χ1v) is 7.79.